The molecule has 0 bridgehead atoms. The number of hydrogen-bond acceptors (Lipinski definition) is 4. The van der Waals surface area contributed by atoms with Gasteiger partial charge in [-0.05, 0) is 48.9 Å². The maximum Gasteiger partial charge on any atom is 0.308 e. The Morgan fingerprint density at radius 2 is 2.00 bits per heavy atom. The van der Waals surface area contributed by atoms with Crippen molar-refractivity contribution < 1.29 is 19.4 Å². The Hall–Kier alpha value is -2.27. The summed E-state index contributed by atoms with van der Waals surface area (Å²) < 4.78 is 12.8. The van der Waals surface area contributed by atoms with E-state index in [4.69, 9.17) is 9.47 Å². The van der Waals surface area contributed by atoms with E-state index in [9.17, 15) is 9.90 Å². The van der Waals surface area contributed by atoms with E-state index in [-0.39, 0.29) is 18.5 Å². The van der Waals surface area contributed by atoms with Crippen molar-refractivity contribution in [3.63, 3.8) is 0 Å². The van der Waals surface area contributed by atoms with Gasteiger partial charge in [-0.15, -0.1) is 0 Å². The number of aromatic nitrogens is 1. The third kappa shape index (κ3) is 3.62. The molecule has 0 radical (unpaired) electrons. The van der Waals surface area contributed by atoms with E-state index in [1.165, 1.54) is 0 Å². The molecule has 1 aliphatic heterocycles. The van der Waals surface area contributed by atoms with Crippen LogP contribution in [-0.2, 0) is 16.1 Å². The fourth-order valence-corrected chi connectivity index (χ4v) is 3.19. The van der Waals surface area contributed by atoms with Gasteiger partial charge in [-0.25, -0.2) is 0 Å². The molecule has 2 aromatic rings. The molecular formula is C19H23NO4. The highest BCUT2D eigenvalue weighted by Gasteiger charge is 2.27. The number of carbonyl (C=O) groups is 1. The van der Waals surface area contributed by atoms with E-state index in [1.807, 2.05) is 24.3 Å². The van der Waals surface area contributed by atoms with Crippen molar-refractivity contribution in [1.82, 2.24) is 4.57 Å². The van der Waals surface area contributed by atoms with Crippen molar-refractivity contribution in [3.8, 4) is 17.0 Å². The van der Waals surface area contributed by atoms with Gasteiger partial charge >= 0.3 is 5.97 Å². The van der Waals surface area contributed by atoms with E-state index < -0.39 is 6.10 Å². The minimum Gasteiger partial charge on any atom is -0.497 e. The van der Waals surface area contributed by atoms with E-state index in [2.05, 4.69) is 23.6 Å². The van der Waals surface area contributed by atoms with Crippen LogP contribution in [0.15, 0.2) is 36.4 Å². The number of methoxy groups -OCH3 is 1. The number of aryl methyl sites for hydroxylation is 1. The number of nitrogens with zero attached hydrogens (tertiary/aromatic N) is 1. The van der Waals surface area contributed by atoms with Crippen LogP contribution >= 0.6 is 0 Å². The molecule has 0 amide bonds. The second kappa shape index (κ2) is 7.09. The molecule has 1 aromatic carbocycles. The maximum absolute atomic E-state index is 11.5. The lowest BCUT2D eigenvalue weighted by Crippen LogP contribution is -2.33. The van der Waals surface area contributed by atoms with Crippen molar-refractivity contribution in [2.24, 2.45) is 0 Å². The molecule has 2 atom stereocenters. The zero-order valence-corrected chi connectivity index (χ0v) is 14.1. The van der Waals surface area contributed by atoms with Gasteiger partial charge in [-0.3, -0.25) is 4.79 Å². The highest BCUT2D eigenvalue weighted by atomic mass is 16.5. The molecule has 24 heavy (non-hydrogen) atoms. The lowest BCUT2D eigenvalue weighted by molar-refractivity contribution is -0.160. The summed E-state index contributed by atoms with van der Waals surface area (Å²) in [6.07, 6.45) is 0.525. The Balaban J connectivity index is 1.74. The molecule has 0 spiro atoms. The standard InChI is InChI=1S/C19H23NO4/c1-13-3-8-18(14-4-6-16(23-2)7-5-14)20(13)10-9-17-11-15(21)12-19(22)24-17/h3-8,15,17,21H,9-12H2,1-2H3/t15-,17-/m1/s1. The highest BCUT2D eigenvalue weighted by molar-refractivity contribution is 5.71. The Kier molecular flexibility index (Phi) is 4.90. The average Bonchev–Trinajstić information content (AvgIpc) is 2.93. The van der Waals surface area contributed by atoms with Gasteiger partial charge in [0.2, 0.25) is 0 Å². The molecule has 128 valence electrons. The first-order valence-electron chi connectivity index (χ1n) is 8.25. The van der Waals surface area contributed by atoms with Crippen LogP contribution in [-0.4, -0.2) is 35.0 Å². The van der Waals surface area contributed by atoms with Crippen LogP contribution < -0.4 is 4.74 Å². The van der Waals surface area contributed by atoms with Crippen LogP contribution in [0.2, 0.25) is 0 Å². The van der Waals surface area contributed by atoms with E-state index >= 15 is 0 Å². The third-order valence-electron chi connectivity index (χ3n) is 4.49. The van der Waals surface area contributed by atoms with Gasteiger partial charge in [0.25, 0.3) is 0 Å². The van der Waals surface area contributed by atoms with Crippen molar-refractivity contribution in [1.29, 1.82) is 0 Å². The van der Waals surface area contributed by atoms with Crippen molar-refractivity contribution in [2.75, 3.05) is 7.11 Å². The summed E-state index contributed by atoms with van der Waals surface area (Å²) in [6, 6.07) is 12.1. The van der Waals surface area contributed by atoms with E-state index in [0.29, 0.717) is 12.8 Å². The summed E-state index contributed by atoms with van der Waals surface area (Å²) in [7, 11) is 1.65. The van der Waals surface area contributed by atoms with Crippen molar-refractivity contribution >= 4 is 5.97 Å². The monoisotopic (exact) mass is 329 g/mol. The number of esters is 1. The van der Waals surface area contributed by atoms with Gasteiger partial charge < -0.3 is 19.1 Å². The molecule has 0 aliphatic carbocycles. The van der Waals surface area contributed by atoms with Gasteiger partial charge in [-0.2, -0.15) is 0 Å². The van der Waals surface area contributed by atoms with Crippen LogP contribution in [0.1, 0.15) is 25.0 Å². The number of rotatable bonds is 5. The van der Waals surface area contributed by atoms with Crippen molar-refractivity contribution in [3.05, 3.63) is 42.1 Å². The quantitative estimate of drug-likeness (QED) is 0.857. The van der Waals surface area contributed by atoms with Gasteiger partial charge in [0.1, 0.15) is 11.9 Å². The SMILES string of the molecule is COc1ccc(-c2ccc(C)n2CC[C@@H]2C[C@@H](O)CC(=O)O2)cc1. The molecule has 5 heteroatoms. The van der Waals surface area contributed by atoms with E-state index in [0.717, 1.165) is 29.2 Å². The molecular weight excluding hydrogens is 306 g/mol. The van der Waals surface area contributed by atoms with Crippen LogP contribution in [0.4, 0.5) is 0 Å². The lowest BCUT2D eigenvalue weighted by atomic mass is 10.0. The minimum absolute atomic E-state index is 0.107. The topological polar surface area (TPSA) is 60.7 Å². The number of aliphatic hydroxyl groups is 1. The predicted octanol–water partition coefficient (Wildman–Crippen LogP) is 2.93. The zero-order valence-electron chi connectivity index (χ0n) is 14.1. The number of benzene rings is 1. The summed E-state index contributed by atoms with van der Waals surface area (Å²) >= 11 is 0. The fourth-order valence-electron chi connectivity index (χ4n) is 3.19. The van der Waals surface area contributed by atoms with Gasteiger partial charge in [-0.1, -0.05) is 0 Å². The number of hydrogen-bond donors (Lipinski definition) is 1. The average molecular weight is 329 g/mol. The van der Waals surface area contributed by atoms with Gasteiger partial charge in [0.15, 0.2) is 0 Å². The van der Waals surface area contributed by atoms with Gasteiger partial charge in [0, 0.05) is 30.8 Å². The van der Waals surface area contributed by atoms with Crippen LogP contribution in [0.3, 0.4) is 0 Å². The molecule has 1 aliphatic rings. The summed E-state index contributed by atoms with van der Waals surface area (Å²) in [6.45, 7) is 2.81. The zero-order chi connectivity index (χ0) is 17.1. The first-order chi connectivity index (χ1) is 11.6. The Labute approximate surface area is 141 Å². The number of ether oxygens (including phenoxy) is 2. The normalized spacial score (nSPS) is 20.7. The molecule has 3 rings (SSSR count). The maximum atomic E-state index is 11.5. The van der Waals surface area contributed by atoms with Gasteiger partial charge in [0.05, 0.1) is 19.6 Å². The fraction of sp³-hybridized carbons (Fsp3) is 0.421. The Bertz CT molecular complexity index is 705. The second-order valence-corrected chi connectivity index (χ2v) is 6.23. The lowest BCUT2D eigenvalue weighted by Gasteiger charge is -2.26. The highest BCUT2D eigenvalue weighted by Crippen LogP contribution is 2.26. The molecule has 1 saturated heterocycles. The summed E-state index contributed by atoms with van der Waals surface area (Å²) in [5.74, 6) is 0.523. The molecule has 5 nitrogen and oxygen atoms in total. The minimum atomic E-state index is -0.580. The van der Waals surface area contributed by atoms with Crippen LogP contribution in [0, 0.1) is 6.92 Å². The largest absolute Gasteiger partial charge is 0.497 e. The number of cyclic esters (lactones) is 1. The number of aliphatic hydroxyl groups excluding tert-OH is 1. The van der Waals surface area contributed by atoms with E-state index in [1.54, 1.807) is 7.11 Å². The molecule has 0 unspecified atom stereocenters. The summed E-state index contributed by atoms with van der Waals surface area (Å²) in [5.41, 5.74) is 3.39. The Morgan fingerprint density at radius 3 is 2.67 bits per heavy atom. The molecule has 1 fully saturated rings. The smallest absolute Gasteiger partial charge is 0.308 e. The first-order valence-corrected chi connectivity index (χ1v) is 8.25. The molecule has 1 N–H and O–H groups in total. The molecule has 2 heterocycles. The molecule has 1 aromatic heterocycles. The third-order valence-corrected chi connectivity index (χ3v) is 4.49. The van der Waals surface area contributed by atoms with Crippen molar-refractivity contribution in [2.45, 2.75) is 44.9 Å². The molecule has 0 saturated carbocycles. The second-order valence-electron chi connectivity index (χ2n) is 6.23. The summed E-state index contributed by atoms with van der Waals surface area (Å²) in [4.78, 5) is 11.5. The predicted molar refractivity (Wildman–Crippen MR) is 90.9 cm³/mol. The van der Waals surface area contributed by atoms with Crippen LogP contribution in [0.5, 0.6) is 5.75 Å². The Morgan fingerprint density at radius 1 is 1.25 bits per heavy atom. The number of carbonyl (C=O) groups excluding carboxylic acids is 1. The first kappa shape index (κ1) is 16.6. The summed E-state index contributed by atoms with van der Waals surface area (Å²) in [5, 5.41) is 9.72. The van der Waals surface area contributed by atoms with Crippen LogP contribution in [0.25, 0.3) is 11.3 Å².